The number of likely N-dealkylation sites (N-methyl/N-ethyl adjacent to an activating group) is 1. The number of nitrogens with one attached hydrogen (secondary N) is 1. The van der Waals surface area contributed by atoms with Gasteiger partial charge in [-0.3, -0.25) is 14.5 Å². The lowest BCUT2D eigenvalue weighted by Gasteiger charge is -2.46. The van der Waals surface area contributed by atoms with Gasteiger partial charge in [0.25, 0.3) is 0 Å². The molecular formula is C30H30N2O3. The molecule has 0 radical (unpaired) electrons. The van der Waals surface area contributed by atoms with E-state index >= 15 is 0 Å². The van der Waals surface area contributed by atoms with Gasteiger partial charge >= 0.3 is 5.97 Å². The van der Waals surface area contributed by atoms with Gasteiger partial charge in [-0.15, -0.1) is 0 Å². The van der Waals surface area contributed by atoms with Crippen LogP contribution in [0.15, 0.2) is 91.0 Å². The SMILES string of the molecule is CN(CC#Cc1ccccc1)[C@]1(C(=O)C(c2ccccc2)c2ccccc2)CCN[C@H](C(=O)O)C1. The second-order valence-electron chi connectivity index (χ2n) is 8.97. The molecule has 35 heavy (non-hydrogen) atoms. The molecule has 0 spiro atoms. The van der Waals surface area contributed by atoms with Crippen LogP contribution in [0.5, 0.6) is 0 Å². The van der Waals surface area contributed by atoms with Crippen molar-refractivity contribution < 1.29 is 14.7 Å². The summed E-state index contributed by atoms with van der Waals surface area (Å²) in [4.78, 5) is 28.5. The maximum Gasteiger partial charge on any atom is 0.320 e. The van der Waals surface area contributed by atoms with Gasteiger partial charge in [0, 0.05) is 5.56 Å². The Labute approximate surface area is 206 Å². The lowest BCUT2D eigenvalue weighted by molar-refractivity contribution is -0.144. The summed E-state index contributed by atoms with van der Waals surface area (Å²) in [6.45, 7) is 0.790. The van der Waals surface area contributed by atoms with Crippen molar-refractivity contribution in [3.63, 3.8) is 0 Å². The number of carbonyl (C=O) groups excluding carboxylic acids is 1. The Morgan fingerprint density at radius 1 is 0.971 bits per heavy atom. The average Bonchev–Trinajstić information content (AvgIpc) is 2.90. The van der Waals surface area contributed by atoms with Crippen LogP contribution in [0, 0.1) is 11.8 Å². The van der Waals surface area contributed by atoms with Crippen molar-refractivity contribution in [2.24, 2.45) is 0 Å². The molecule has 1 fully saturated rings. The molecule has 4 rings (SSSR count). The molecule has 0 unspecified atom stereocenters. The fourth-order valence-corrected chi connectivity index (χ4v) is 4.89. The number of hydrogen-bond donors (Lipinski definition) is 2. The maximum atomic E-state index is 14.6. The van der Waals surface area contributed by atoms with E-state index in [1.807, 2.05) is 103 Å². The van der Waals surface area contributed by atoms with Crippen molar-refractivity contribution in [3.8, 4) is 11.8 Å². The highest BCUT2D eigenvalue weighted by Gasteiger charge is 2.49. The zero-order valence-electron chi connectivity index (χ0n) is 19.9. The van der Waals surface area contributed by atoms with E-state index in [2.05, 4.69) is 17.2 Å². The van der Waals surface area contributed by atoms with Crippen LogP contribution in [0.3, 0.4) is 0 Å². The third kappa shape index (κ3) is 5.51. The number of nitrogens with zero attached hydrogens (tertiary/aromatic N) is 1. The van der Waals surface area contributed by atoms with Gasteiger partial charge in [0.15, 0.2) is 5.78 Å². The minimum atomic E-state index is -0.976. The van der Waals surface area contributed by atoms with Crippen LogP contribution < -0.4 is 5.32 Å². The first kappa shape index (κ1) is 24.4. The predicted molar refractivity (Wildman–Crippen MR) is 137 cm³/mol. The van der Waals surface area contributed by atoms with E-state index in [4.69, 9.17) is 0 Å². The van der Waals surface area contributed by atoms with E-state index < -0.39 is 23.5 Å². The maximum absolute atomic E-state index is 14.6. The number of benzene rings is 3. The van der Waals surface area contributed by atoms with Crippen LogP contribution in [0.2, 0.25) is 0 Å². The summed E-state index contributed by atoms with van der Waals surface area (Å²) in [5.41, 5.74) is 1.73. The van der Waals surface area contributed by atoms with Gasteiger partial charge in [-0.1, -0.05) is 90.7 Å². The fourth-order valence-electron chi connectivity index (χ4n) is 4.89. The normalized spacial score (nSPS) is 19.7. The minimum Gasteiger partial charge on any atom is -0.480 e. The Morgan fingerprint density at radius 2 is 1.51 bits per heavy atom. The summed E-state index contributed by atoms with van der Waals surface area (Å²) in [6.07, 6.45) is 0.691. The summed E-state index contributed by atoms with van der Waals surface area (Å²) in [7, 11) is 1.88. The first-order chi connectivity index (χ1) is 17.0. The van der Waals surface area contributed by atoms with Gasteiger partial charge in [-0.05, 0) is 49.7 Å². The average molecular weight is 467 g/mol. The Hall–Kier alpha value is -3.72. The molecule has 1 aliphatic heterocycles. The van der Waals surface area contributed by atoms with E-state index in [1.54, 1.807) is 0 Å². The summed E-state index contributed by atoms with van der Waals surface area (Å²) in [6, 6.07) is 28.4. The first-order valence-electron chi connectivity index (χ1n) is 11.9. The van der Waals surface area contributed by atoms with Gasteiger partial charge in [0.2, 0.25) is 0 Å². The smallest absolute Gasteiger partial charge is 0.320 e. The molecule has 0 aromatic heterocycles. The molecular weight excluding hydrogens is 436 g/mol. The topological polar surface area (TPSA) is 69.6 Å². The highest BCUT2D eigenvalue weighted by Crippen LogP contribution is 2.37. The lowest BCUT2D eigenvalue weighted by Crippen LogP contribution is -2.63. The largest absolute Gasteiger partial charge is 0.480 e. The number of rotatable bonds is 7. The Morgan fingerprint density at radius 3 is 2.06 bits per heavy atom. The number of hydrogen-bond acceptors (Lipinski definition) is 4. The summed E-state index contributed by atoms with van der Waals surface area (Å²) in [5.74, 6) is 4.92. The number of carboxylic acid groups (broad SMARTS) is 1. The molecule has 5 nitrogen and oxygen atoms in total. The molecule has 1 heterocycles. The second-order valence-corrected chi connectivity index (χ2v) is 8.97. The Kier molecular flexibility index (Phi) is 7.77. The van der Waals surface area contributed by atoms with Crippen molar-refractivity contribution in [1.29, 1.82) is 0 Å². The van der Waals surface area contributed by atoms with E-state index in [-0.39, 0.29) is 12.2 Å². The van der Waals surface area contributed by atoms with E-state index in [1.165, 1.54) is 0 Å². The molecule has 1 saturated heterocycles. The summed E-state index contributed by atoms with van der Waals surface area (Å²) >= 11 is 0. The third-order valence-electron chi connectivity index (χ3n) is 6.81. The van der Waals surface area contributed by atoms with Gasteiger partial charge in [0.1, 0.15) is 6.04 Å². The zero-order valence-corrected chi connectivity index (χ0v) is 19.9. The van der Waals surface area contributed by atoms with Crippen LogP contribution in [-0.2, 0) is 9.59 Å². The summed E-state index contributed by atoms with van der Waals surface area (Å²) in [5, 5.41) is 12.9. The van der Waals surface area contributed by atoms with Crippen molar-refractivity contribution in [1.82, 2.24) is 10.2 Å². The van der Waals surface area contributed by atoms with Crippen LogP contribution >= 0.6 is 0 Å². The highest BCUT2D eigenvalue weighted by molar-refractivity contribution is 5.97. The van der Waals surface area contributed by atoms with Crippen LogP contribution in [0.1, 0.15) is 35.4 Å². The van der Waals surface area contributed by atoms with Crippen molar-refractivity contribution in [3.05, 3.63) is 108 Å². The molecule has 2 atom stereocenters. The van der Waals surface area contributed by atoms with Gasteiger partial charge in [-0.2, -0.15) is 0 Å². The minimum absolute atomic E-state index is 0.00617. The highest BCUT2D eigenvalue weighted by atomic mass is 16.4. The number of carboxylic acids is 1. The van der Waals surface area contributed by atoms with Crippen molar-refractivity contribution in [2.45, 2.75) is 30.3 Å². The standard InChI is InChI=1S/C30H30N2O3/c1-32(21-11-14-23-12-5-2-6-13-23)30(19-20-31-26(22-30)29(34)35)28(33)27(24-15-7-3-8-16-24)25-17-9-4-10-18-25/h2-10,12-13,15-18,26-27,31H,19-22H2,1H3,(H,34,35)/t26-,30+/m0/s1. The van der Waals surface area contributed by atoms with Crippen molar-refractivity contribution in [2.75, 3.05) is 20.1 Å². The molecule has 5 heteroatoms. The van der Waals surface area contributed by atoms with Crippen LogP contribution in [-0.4, -0.2) is 53.5 Å². The molecule has 0 bridgehead atoms. The van der Waals surface area contributed by atoms with Gasteiger partial charge < -0.3 is 10.4 Å². The first-order valence-corrected chi connectivity index (χ1v) is 11.9. The summed E-state index contributed by atoms with van der Waals surface area (Å²) < 4.78 is 0. The molecule has 2 N–H and O–H groups in total. The molecule has 0 aliphatic carbocycles. The van der Waals surface area contributed by atoms with E-state index in [0.29, 0.717) is 19.5 Å². The second kappa shape index (κ2) is 11.1. The van der Waals surface area contributed by atoms with Gasteiger partial charge in [-0.25, -0.2) is 0 Å². The lowest BCUT2D eigenvalue weighted by atomic mass is 9.71. The molecule has 178 valence electrons. The monoisotopic (exact) mass is 466 g/mol. The van der Waals surface area contributed by atoms with E-state index in [9.17, 15) is 14.7 Å². The Bertz CT molecular complexity index is 1160. The molecule has 3 aromatic rings. The Balaban J connectivity index is 1.74. The predicted octanol–water partition coefficient (Wildman–Crippen LogP) is 3.95. The molecule has 3 aromatic carbocycles. The van der Waals surface area contributed by atoms with E-state index in [0.717, 1.165) is 16.7 Å². The third-order valence-corrected chi connectivity index (χ3v) is 6.81. The fraction of sp³-hybridized carbons (Fsp3) is 0.267. The number of aliphatic carboxylic acids is 1. The van der Waals surface area contributed by atoms with Crippen LogP contribution in [0.4, 0.5) is 0 Å². The van der Waals surface area contributed by atoms with Crippen LogP contribution in [0.25, 0.3) is 0 Å². The van der Waals surface area contributed by atoms with Crippen molar-refractivity contribution >= 4 is 11.8 Å². The molecule has 0 saturated carbocycles. The zero-order chi connectivity index (χ0) is 24.7. The number of ketones is 1. The quantitative estimate of drug-likeness (QED) is 0.516. The number of piperidine rings is 1. The molecule has 1 aliphatic rings. The number of Topliss-reactive ketones (excluding diaryl/α,β-unsaturated/α-hetero) is 1. The molecule has 0 amide bonds. The van der Waals surface area contributed by atoms with Gasteiger partial charge in [0.05, 0.1) is 18.0 Å². The number of carbonyl (C=O) groups is 2.